The summed E-state index contributed by atoms with van der Waals surface area (Å²) >= 11 is 0. The standard InChI is InChI=1S/C6H6O3S.C3H6O3/c7-10(8,9)6-4-2-1-3-5-6;1-2(4)3(5)6/h1-5H,(H,7,8,9);2,4H,1H3,(H,5,6)/p-2. The van der Waals surface area contributed by atoms with Crippen LogP contribution in [-0.2, 0) is 14.9 Å². The number of carboxylic acids is 1. The van der Waals surface area contributed by atoms with E-state index in [-0.39, 0.29) is 4.90 Å². The van der Waals surface area contributed by atoms with E-state index in [9.17, 15) is 22.9 Å². The van der Waals surface area contributed by atoms with Crippen molar-refractivity contribution in [2.45, 2.75) is 17.9 Å². The van der Waals surface area contributed by atoms with Crippen LogP contribution in [0.3, 0.4) is 0 Å². The molecule has 16 heavy (non-hydrogen) atoms. The van der Waals surface area contributed by atoms with Crippen molar-refractivity contribution in [3.8, 4) is 0 Å². The highest BCUT2D eigenvalue weighted by molar-refractivity contribution is 7.85. The molecule has 0 aliphatic carbocycles. The molecular weight excluding hydrogens is 236 g/mol. The summed E-state index contributed by atoms with van der Waals surface area (Å²) in [7, 11) is -4.25. The SMILES string of the molecule is CC(O)C(=O)[O-].O=S(=O)([O-])c1ccccc1. The number of carbonyl (C=O) groups excluding carboxylic acids is 1. The molecule has 0 aliphatic heterocycles. The highest BCUT2D eigenvalue weighted by Gasteiger charge is 1.95. The Labute approximate surface area is 92.9 Å². The number of benzene rings is 1. The Kier molecular flexibility index (Phi) is 5.65. The molecule has 1 aromatic rings. The van der Waals surface area contributed by atoms with E-state index >= 15 is 0 Å². The van der Waals surface area contributed by atoms with Gasteiger partial charge in [-0.25, -0.2) is 8.42 Å². The number of carbonyl (C=O) groups is 1. The Balaban J connectivity index is 0.000000325. The first-order chi connectivity index (χ1) is 7.25. The first-order valence-corrected chi connectivity index (χ1v) is 5.56. The van der Waals surface area contributed by atoms with Crippen molar-refractivity contribution in [1.29, 1.82) is 0 Å². The van der Waals surface area contributed by atoms with Gasteiger partial charge in [-0.15, -0.1) is 0 Å². The topological polar surface area (TPSA) is 118 Å². The molecule has 6 nitrogen and oxygen atoms in total. The molecule has 0 saturated carbocycles. The van der Waals surface area contributed by atoms with E-state index in [1.165, 1.54) is 24.3 Å². The van der Waals surface area contributed by atoms with E-state index in [0.29, 0.717) is 0 Å². The van der Waals surface area contributed by atoms with Crippen molar-refractivity contribution in [3.63, 3.8) is 0 Å². The Hall–Kier alpha value is -1.44. The van der Waals surface area contributed by atoms with Gasteiger partial charge in [0, 0.05) is 0 Å². The van der Waals surface area contributed by atoms with Crippen molar-refractivity contribution >= 4 is 16.1 Å². The molecule has 0 fully saturated rings. The molecule has 1 rings (SSSR count). The molecule has 1 aromatic carbocycles. The fourth-order valence-electron chi connectivity index (χ4n) is 0.587. The van der Waals surface area contributed by atoms with Crippen LogP contribution >= 0.6 is 0 Å². The molecule has 1 unspecified atom stereocenters. The Morgan fingerprint density at radius 1 is 1.31 bits per heavy atom. The minimum atomic E-state index is -4.25. The van der Waals surface area contributed by atoms with Crippen LogP contribution in [0.2, 0.25) is 0 Å². The van der Waals surface area contributed by atoms with Gasteiger partial charge in [0.1, 0.15) is 10.1 Å². The fraction of sp³-hybridized carbons (Fsp3) is 0.222. The maximum Gasteiger partial charge on any atom is 0.124 e. The zero-order valence-electron chi connectivity index (χ0n) is 8.36. The number of carboxylic acid groups (broad SMARTS) is 1. The molecule has 1 atom stereocenters. The molecule has 0 spiro atoms. The zero-order chi connectivity index (χ0) is 12.8. The Morgan fingerprint density at radius 3 is 1.88 bits per heavy atom. The summed E-state index contributed by atoms with van der Waals surface area (Å²) in [6.45, 7) is 1.13. The normalized spacial score (nSPS) is 12.2. The second kappa shape index (κ2) is 6.21. The third kappa shape index (κ3) is 6.12. The van der Waals surface area contributed by atoms with Gasteiger partial charge in [-0.3, -0.25) is 0 Å². The van der Waals surface area contributed by atoms with Crippen LogP contribution in [-0.4, -0.2) is 30.2 Å². The summed E-state index contributed by atoms with van der Waals surface area (Å²) in [6.07, 6.45) is -1.34. The number of aliphatic hydroxyl groups is 1. The van der Waals surface area contributed by atoms with Crippen molar-refractivity contribution < 1.29 is 28.0 Å². The first-order valence-electron chi connectivity index (χ1n) is 4.15. The number of hydrogen-bond donors (Lipinski definition) is 1. The van der Waals surface area contributed by atoms with Gasteiger partial charge in [0.2, 0.25) is 0 Å². The molecule has 1 N–H and O–H groups in total. The van der Waals surface area contributed by atoms with Crippen LogP contribution in [0.4, 0.5) is 0 Å². The maximum atomic E-state index is 10.3. The summed E-state index contributed by atoms with van der Waals surface area (Å²) in [4.78, 5) is 9.15. The average molecular weight is 246 g/mol. The van der Waals surface area contributed by atoms with E-state index in [4.69, 9.17) is 5.11 Å². The number of aliphatic hydroxyl groups excluding tert-OH is 1. The monoisotopic (exact) mass is 246 g/mol. The lowest BCUT2D eigenvalue weighted by atomic mass is 10.4. The highest BCUT2D eigenvalue weighted by Crippen LogP contribution is 2.04. The second-order valence-corrected chi connectivity index (χ2v) is 4.14. The van der Waals surface area contributed by atoms with Gasteiger partial charge in [0.15, 0.2) is 0 Å². The van der Waals surface area contributed by atoms with E-state index in [2.05, 4.69) is 0 Å². The lowest BCUT2D eigenvalue weighted by Crippen LogP contribution is -2.32. The van der Waals surface area contributed by atoms with Crippen molar-refractivity contribution in [1.82, 2.24) is 0 Å². The maximum absolute atomic E-state index is 10.3. The van der Waals surface area contributed by atoms with E-state index in [0.717, 1.165) is 6.92 Å². The van der Waals surface area contributed by atoms with Gasteiger partial charge in [0.05, 0.1) is 17.0 Å². The third-order valence-corrected chi connectivity index (χ3v) is 2.22. The lowest BCUT2D eigenvalue weighted by Gasteiger charge is -2.04. The zero-order valence-corrected chi connectivity index (χ0v) is 9.18. The van der Waals surface area contributed by atoms with Crippen molar-refractivity contribution in [2.24, 2.45) is 0 Å². The first kappa shape index (κ1) is 14.6. The lowest BCUT2D eigenvalue weighted by molar-refractivity contribution is -0.314. The van der Waals surface area contributed by atoms with Crippen molar-refractivity contribution in [2.75, 3.05) is 0 Å². The minimum absolute atomic E-state index is 0.185. The number of aliphatic carboxylic acids is 1. The third-order valence-electron chi connectivity index (χ3n) is 1.37. The number of hydrogen-bond acceptors (Lipinski definition) is 6. The van der Waals surface area contributed by atoms with Crippen LogP contribution in [0.25, 0.3) is 0 Å². The largest absolute Gasteiger partial charge is 0.744 e. The summed E-state index contributed by atoms with van der Waals surface area (Å²) in [5.41, 5.74) is 0. The van der Waals surface area contributed by atoms with Gasteiger partial charge >= 0.3 is 0 Å². The molecule has 0 bridgehead atoms. The van der Waals surface area contributed by atoms with Gasteiger partial charge in [-0.1, -0.05) is 18.2 Å². The summed E-state index contributed by atoms with van der Waals surface area (Å²) in [6, 6.07) is 7.19. The summed E-state index contributed by atoms with van der Waals surface area (Å²) < 4.78 is 30.8. The van der Waals surface area contributed by atoms with Gasteiger partial charge < -0.3 is 19.6 Å². The molecule has 7 heteroatoms. The molecule has 0 saturated heterocycles. The predicted molar refractivity (Wildman–Crippen MR) is 51.1 cm³/mol. The van der Waals surface area contributed by atoms with Crippen LogP contribution in [0, 0.1) is 0 Å². The summed E-state index contributed by atoms with van der Waals surface area (Å²) in [5, 5.41) is 17.3. The second-order valence-electron chi connectivity index (χ2n) is 2.76. The minimum Gasteiger partial charge on any atom is -0.744 e. The van der Waals surface area contributed by atoms with E-state index in [1.807, 2.05) is 0 Å². The smallest absolute Gasteiger partial charge is 0.124 e. The molecule has 0 heterocycles. The quantitative estimate of drug-likeness (QED) is 0.648. The number of rotatable bonds is 2. The van der Waals surface area contributed by atoms with Crippen LogP contribution in [0.5, 0.6) is 0 Å². The Bertz CT molecular complexity index is 423. The molecule has 0 radical (unpaired) electrons. The van der Waals surface area contributed by atoms with E-state index in [1.54, 1.807) is 6.07 Å². The Morgan fingerprint density at radius 2 is 1.69 bits per heavy atom. The fourth-order valence-corrected chi connectivity index (χ4v) is 1.08. The molecule has 0 aromatic heterocycles. The van der Waals surface area contributed by atoms with Crippen LogP contribution in [0.15, 0.2) is 35.2 Å². The van der Waals surface area contributed by atoms with E-state index < -0.39 is 22.2 Å². The highest BCUT2D eigenvalue weighted by atomic mass is 32.2. The molecular formula is C9H10O6S-2. The van der Waals surface area contributed by atoms with Crippen LogP contribution in [0.1, 0.15) is 6.92 Å². The molecule has 0 aliphatic rings. The molecule has 0 amide bonds. The van der Waals surface area contributed by atoms with Crippen LogP contribution < -0.4 is 5.11 Å². The molecule has 90 valence electrons. The van der Waals surface area contributed by atoms with Gasteiger partial charge in [0.25, 0.3) is 0 Å². The van der Waals surface area contributed by atoms with Gasteiger partial charge in [-0.2, -0.15) is 0 Å². The van der Waals surface area contributed by atoms with Crippen molar-refractivity contribution in [3.05, 3.63) is 30.3 Å². The summed E-state index contributed by atoms with van der Waals surface area (Å²) in [5.74, 6) is -1.44. The van der Waals surface area contributed by atoms with Gasteiger partial charge in [-0.05, 0) is 19.1 Å². The predicted octanol–water partition coefficient (Wildman–Crippen LogP) is -1.29. The average Bonchev–Trinajstić information content (AvgIpc) is 2.18.